The van der Waals surface area contributed by atoms with Crippen molar-refractivity contribution >= 4 is 102 Å². The van der Waals surface area contributed by atoms with Crippen molar-refractivity contribution in [2.45, 2.75) is 103 Å². The van der Waals surface area contributed by atoms with Crippen molar-refractivity contribution in [1.82, 2.24) is 41.0 Å². The summed E-state index contributed by atoms with van der Waals surface area (Å²) in [4.78, 5) is 101. The van der Waals surface area contributed by atoms with Gasteiger partial charge in [-0.1, -0.05) is 55.4 Å². The molecule has 0 radical (unpaired) electrons. The van der Waals surface area contributed by atoms with Crippen molar-refractivity contribution in [3.63, 3.8) is 0 Å². The number of quaternary nitrogens is 1. The fraction of sp³-hybridized carbons (Fsp3) is 0.413. The number of alkyl halides is 2. The van der Waals surface area contributed by atoms with Crippen molar-refractivity contribution in [1.29, 1.82) is 0 Å². The van der Waals surface area contributed by atoms with E-state index in [0.717, 1.165) is 56.8 Å². The van der Waals surface area contributed by atoms with Crippen molar-refractivity contribution in [3.8, 4) is 17.6 Å². The number of anilines is 5. The van der Waals surface area contributed by atoms with Gasteiger partial charge in [-0.05, 0) is 99.8 Å². The molecule has 3 aromatic heterocycles. The van der Waals surface area contributed by atoms with E-state index in [2.05, 4.69) is 58.6 Å². The number of hydrogen-bond acceptors (Lipinski definition) is 17. The van der Waals surface area contributed by atoms with E-state index in [1.807, 2.05) is 36.1 Å². The number of nitrogens with zero attached hydrogens (tertiary/aromatic N) is 7. The highest BCUT2D eigenvalue weighted by atomic mass is 32.1. The summed E-state index contributed by atoms with van der Waals surface area (Å²) in [7, 11) is 0. The average molecular weight is 1290 g/mol. The topological polar surface area (TPSA) is 302 Å². The van der Waals surface area contributed by atoms with Gasteiger partial charge in [-0.2, -0.15) is 0 Å². The number of carboxylic acids is 1. The van der Waals surface area contributed by atoms with Gasteiger partial charge in [0.1, 0.15) is 25.2 Å². The first kappa shape index (κ1) is 66.4. The lowest BCUT2D eigenvalue weighted by Crippen LogP contribution is -2.55. The second-order valence-electron chi connectivity index (χ2n) is 22.8. The summed E-state index contributed by atoms with van der Waals surface area (Å²) in [5.74, 6) is -0.423. The fourth-order valence-electron chi connectivity index (χ4n) is 10.7. The standard InChI is InChI=1S/C63H70F3N13O10S2/c1-38(2)53(72-50(80)24-34-88-35-29-77-51(81)22-23-52(77)82)58(84)70-46(13-6-27-68-60(67)87)57(83)69-42-19-16-41(17-20-42)37-79(31-25-63(65,66)26-32-79)30-8-10-40-18-21-47(44(64)36-40)89-33-9-15-49-54(59(85)86)73-62(91-49)78-28-7-11-43-39(3)55(75-76-56(43)78)74-61-71-45-12-4-5-14-48(45)90-61/h4-5,12,14,16-23,36,38,46,53H,6-7,9,11,13,15,24-35,37H2,1-3H3,(H7-,67,68,69,70,71,72,74,75,80,83,84,85,86,87)/p+1/t46-,53-/m0/s1. The van der Waals surface area contributed by atoms with Gasteiger partial charge in [0, 0.05) is 64.5 Å². The minimum absolute atomic E-state index is 0.00732. The summed E-state index contributed by atoms with van der Waals surface area (Å²) in [5.41, 5.74) is 9.43. The van der Waals surface area contributed by atoms with Crippen molar-refractivity contribution in [2.24, 2.45) is 11.7 Å². The number of carbonyl (C=O) groups excluding carboxylic acids is 6. The molecule has 7 amide bonds. The van der Waals surface area contributed by atoms with Crippen LogP contribution in [0.5, 0.6) is 5.75 Å². The van der Waals surface area contributed by atoms with Crippen LogP contribution in [-0.2, 0) is 48.1 Å². The van der Waals surface area contributed by atoms with E-state index in [4.69, 9.17) is 15.2 Å². The number of hydrogen-bond donors (Lipinski definition) is 7. The zero-order valence-electron chi connectivity index (χ0n) is 50.5. The molecule has 0 saturated carbocycles. The zero-order valence-corrected chi connectivity index (χ0v) is 52.1. The molecule has 23 nitrogen and oxygen atoms in total. The summed E-state index contributed by atoms with van der Waals surface area (Å²) in [6.45, 7) is 6.86. The smallest absolute Gasteiger partial charge is 0.355 e. The Morgan fingerprint density at radius 1 is 0.912 bits per heavy atom. The number of rotatable bonds is 28. The Morgan fingerprint density at radius 2 is 1.67 bits per heavy atom. The summed E-state index contributed by atoms with van der Waals surface area (Å²) < 4.78 is 57.4. The molecular weight excluding hydrogens is 1220 g/mol. The second-order valence-corrected chi connectivity index (χ2v) is 24.9. The number of piperidine rings is 1. The highest BCUT2D eigenvalue weighted by Gasteiger charge is 2.43. The van der Waals surface area contributed by atoms with E-state index in [1.54, 1.807) is 44.2 Å². The predicted octanol–water partition coefficient (Wildman–Crippen LogP) is 7.67. The van der Waals surface area contributed by atoms with Gasteiger partial charge >= 0.3 is 12.0 Å². The number of aromatic nitrogens is 4. The first-order valence-corrected chi connectivity index (χ1v) is 31.5. The molecule has 3 aliphatic rings. The quantitative estimate of drug-likeness (QED) is 0.0107. The normalized spacial score (nSPS) is 15.5. The number of primary amides is 1. The molecule has 3 aliphatic heterocycles. The van der Waals surface area contributed by atoms with Gasteiger partial charge in [0.2, 0.25) is 17.7 Å². The molecule has 0 bridgehead atoms. The molecule has 0 aliphatic carbocycles. The molecule has 1 fully saturated rings. The van der Waals surface area contributed by atoms with Crippen LogP contribution in [0.4, 0.5) is 45.6 Å². The molecule has 3 aromatic carbocycles. The summed E-state index contributed by atoms with van der Waals surface area (Å²) in [5, 5.41) is 34.5. The van der Waals surface area contributed by atoms with Crippen molar-refractivity contribution in [2.75, 3.05) is 74.6 Å². The maximum absolute atomic E-state index is 15.6. The Kier molecular flexibility index (Phi) is 22.0. The number of amides is 7. The zero-order chi connectivity index (χ0) is 64.8. The monoisotopic (exact) mass is 1290 g/mol. The highest BCUT2D eigenvalue weighted by molar-refractivity contribution is 7.22. The van der Waals surface area contributed by atoms with Crippen LogP contribution < -0.4 is 42.0 Å². The summed E-state index contributed by atoms with van der Waals surface area (Å²) >= 11 is 2.78. The van der Waals surface area contributed by atoms with E-state index < -0.39 is 71.3 Å². The van der Waals surface area contributed by atoms with E-state index >= 15 is 4.39 Å². The molecule has 1 saturated heterocycles. The SMILES string of the molecule is Cc1c(Nc2nc3ccccc3s2)nnc2c1CCCN2c1nc(C(=O)O)c(CCCOc2ccc(C#CC[N+]3(Cc4ccc(NC(=O)[C@H](CCCNC(N)=O)NC(=O)[C@@H](NC(=O)CCOCCN5C(=O)C=CC5=O)C(C)C)cc4)CCC(F)(F)CC3)cc2F)s1. The van der Waals surface area contributed by atoms with Crippen LogP contribution in [0.3, 0.4) is 0 Å². The van der Waals surface area contributed by atoms with E-state index in [9.17, 15) is 47.4 Å². The number of urea groups is 1. The van der Waals surface area contributed by atoms with Gasteiger partial charge in [-0.25, -0.2) is 32.7 Å². The molecule has 0 unspecified atom stereocenters. The molecule has 91 heavy (non-hydrogen) atoms. The van der Waals surface area contributed by atoms with Gasteiger partial charge in [0.15, 0.2) is 39.2 Å². The van der Waals surface area contributed by atoms with Crippen molar-refractivity contribution < 1.29 is 65.8 Å². The third-order valence-electron chi connectivity index (χ3n) is 15.8. The average Bonchev–Trinajstić information content (AvgIpc) is 1.81. The van der Waals surface area contributed by atoms with E-state index in [1.165, 1.54) is 34.8 Å². The van der Waals surface area contributed by atoms with Crippen molar-refractivity contribution in [3.05, 3.63) is 118 Å². The van der Waals surface area contributed by atoms with Gasteiger partial charge < -0.3 is 56.3 Å². The highest BCUT2D eigenvalue weighted by Crippen LogP contribution is 2.40. The summed E-state index contributed by atoms with van der Waals surface area (Å²) in [6.07, 6.45) is 3.99. The lowest BCUT2D eigenvalue weighted by molar-refractivity contribution is -0.941. The molecule has 9 rings (SSSR count). The largest absolute Gasteiger partial charge is 0.491 e. The van der Waals surface area contributed by atoms with Crippen LogP contribution in [0.2, 0.25) is 0 Å². The number of imide groups is 1. The first-order chi connectivity index (χ1) is 43.6. The molecule has 480 valence electrons. The van der Waals surface area contributed by atoms with Gasteiger partial charge in [-0.15, -0.1) is 21.5 Å². The number of fused-ring (bicyclic) bond motifs is 2. The molecule has 0 spiro atoms. The number of thiazole rings is 2. The Hall–Kier alpha value is -9.04. The van der Waals surface area contributed by atoms with E-state index in [0.29, 0.717) is 64.0 Å². The molecule has 6 aromatic rings. The van der Waals surface area contributed by atoms with Crippen LogP contribution >= 0.6 is 22.7 Å². The molecular formula is C63H71F3N13O10S2+. The number of halogens is 3. The Morgan fingerprint density at radius 3 is 2.38 bits per heavy atom. The van der Waals surface area contributed by atoms with Crippen LogP contribution in [-0.4, -0.2) is 153 Å². The maximum Gasteiger partial charge on any atom is 0.355 e. The van der Waals surface area contributed by atoms with Gasteiger partial charge in [-0.3, -0.25) is 28.9 Å². The Bertz CT molecular complexity index is 3720. The molecule has 8 N–H and O–H groups in total. The number of nitrogens with two attached hydrogens (primary N) is 1. The second kappa shape index (κ2) is 30.2. The number of aryl methyl sites for hydroxylation is 1. The van der Waals surface area contributed by atoms with E-state index in [-0.39, 0.29) is 101 Å². The number of ether oxygens (including phenoxy) is 2. The third-order valence-corrected chi connectivity index (χ3v) is 17.8. The summed E-state index contributed by atoms with van der Waals surface area (Å²) in [6, 6.07) is 16.0. The number of carboxylic acid groups (broad SMARTS) is 1. The lowest BCUT2D eigenvalue weighted by Gasteiger charge is -2.42. The Balaban J connectivity index is 0.771. The van der Waals surface area contributed by atoms with Gasteiger partial charge in [0.05, 0.1) is 62.5 Å². The van der Waals surface area contributed by atoms with Crippen LogP contribution in [0.25, 0.3) is 10.2 Å². The Labute approximate surface area is 530 Å². The minimum Gasteiger partial charge on any atom is -0.491 e. The predicted molar refractivity (Wildman–Crippen MR) is 336 cm³/mol. The maximum atomic E-state index is 15.6. The lowest BCUT2D eigenvalue weighted by atomic mass is 10.0. The van der Waals surface area contributed by atoms with Crippen LogP contribution in [0.1, 0.15) is 96.4 Å². The number of carbonyl (C=O) groups is 7. The number of benzene rings is 3. The number of para-hydroxylation sites is 1. The molecule has 6 heterocycles. The first-order valence-electron chi connectivity index (χ1n) is 29.9. The number of nitrogens with one attached hydrogen (secondary N) is 5. The molecule has 28 heteroatoms. The van der Waals surface area contributed by atoms with Gasteiger partial charge in [0.25, 0.3) is 17.7 Å². The number of aromatic carboxylic acids is 1. The third kappa shape index (κ3) is 17.7. The fourth-order valence-corrected chi connectivity index (χ4v) is 12.7. The van der Waals surface area contributed by atoms with Crippen LogP contribution in [0.15, 0.2) is 78.9 Å². The molecule has 2 atom stereocenters. The number of likely N-dealkylation sites (tertiary alicyclic amines) is 1. The van der Waals surface area contributed by atoms with Crippen LogP contribution in [0, 0.1) is 30.5 Å². The minimum atomic E-state index is -2.85.